The average Bonchev–Trinajstić information content (AvgIpc) is 3.65. The van der Waals surface area contributed by atoms with E-state index in [4.69, 9.17) is 14.2 Å². The molecule has 0 saturated heterocycles. The highest BCUT2D eigenvalue weighted by Crippen LogP contribution is 2.37. The molecule has 2 aromatic carbocycles. The number of aromatic nitrogens is 2. The zero-order valence-electron chi connectivity index (χ0n) is 21.1. The van der Waals surface area contributed by atoms with E-state index in [0.29, 0.717) is 17.9 Å². The first-order valence-electron chi connectivity index (χ1n) is 11.9. The summed E-state index contributed by atoms with van der Waals surface area (Å²) in [7, 11) is 3.07. The SMILES string of the molecule is COc1ccc([C@H]2CC(c3cccs3)=NN2C(=O)COC(=O)Cn2[nH]c(=O)c3ccccc3c2=O)cc1OC. The number of hydrazone groups is 1. The Morgan fingerprint density at radius 2 is 1.79 bits per heavy atom. The number of H-pyrrole nitrogens is 1. The molecule has 1 amide bonds. The lowest BCUT2D eigenvalue weighted by Crippen LogP contribution is -2.35. The number of fused-ring (bicyclic) bond motifs is 1. The predicted molar refractivity (Wildman–Crippen MR) is 144 cm³/mol. The monoisotopic (exact) mass is 548 g/mol. The largest absolute Gasteiger partial charge is 0.493 e. The molecule has 11 nitrogen and oxygen atoms in total. The van der Waals surface area contributed by atoms with Gasteiger partial charge in [-0.3, -0.25) is 24.3 Å². The molecular weight excluding hydrogens is 524 g/mol. The van der Waals surface area contributed by atoms with Crippen LogP contribution in [0.2, 0.25) is 0 Å². The number of thiophene rings is 1. The van der Waals surface area contributed by atoms with E-state index in [1.165, 1.54) is 42.7 Å². The minimum absolute atomic E-state index is 0.176. The van der Waals surface area contributed by atoms with Gasteiger partial charge in [-0.1, -0.05) is 24.3 Å². The van der Waals surface area contributed by atoms with Crippen LogP contribution in [0.5, 0.6) is 11.5 Å². The summed E-state index contributed by atoms with van der Waals surface area (Å²) in [5.74, 6) is -0.351. The smallest absolute Gasteiger partial charge is 0.328 e. The Balaban J connectivity index is 1.34. The minimum atomic E-state index is -0.860. The number of ether oxygens (including phenoxy) is 3. The number of hydrogen-bond acceptors (Lipinski definition) is 9. The zero-order valence-corrected chi connectivity index (χ0v) is 21.9. The van der Waals surface area contributed by atoms with E-state index < -0.39 is 42.2 Å². The number of carbonyl (C=O) groups is 2. The molecule has 39 heavy (non-hydrogen) atoms. The summed E-state index contributed by atoms with van der Waals surface area (Å²) >= 11 is 1.51. The molecular formula is C27H24N4O7S. The van der Waals surface area contributed by atoms with Crippen LogP contribution in [-0.2, 0) is 20.9 Å². The lowest BCUT2D eigenvalue weighted by atomic mass is 10.0. The molecule has 1 aliphatic heterocycles. The molecule has 12 heteroatoms. The summed E-state index contributed by atoms with van der Waals surface area (Å²) in [4.78, 5) is 51.7. The maximum Gasteiger partial charge on any atom is 0.328 e. The average molecular weight is 549 g/mol. The van der Waals surface area contributed by atoms with Gasteiger partial charge in [0.15, 0.2) is 18.1 Å². The zero-order chi connectivity index (χ0) is 27.5. The summed E-state index contributed by atoms with van der Waals surface area (Å²) in [6, 6.07) is 15.0. The van der Waals surface area contributed by atoms with E-state index in [0.717, 1.165) is 20.8 Å². The molecule has 1 atom stereocenters. The van der Waals surface area contributed by atoms with E-state index in [1.54, 1.807) is 24.3 Å². The summed E-state index contributed by atoms with van der Waals surface area (Å²) < 4.78 is 16.8. The fourth-order valence-corrected chi connectivity index (χ4v) is 5.11. The molecule has 4 aromatic rings. The second kappa shape index (κ2) is 11.0. The van der Waals surface area contributed by atoms with Gasteiger partial charge in [-0.25, -0.2) is 9.69 Å². The fourth-order valence-electron chi connectivity index (χ4n) is 4.39. The topological polar surface area (TPSA) is 132 Å². The number of nitrogens with one attached hydrogen (secondary N) is 1. The summed E-state index contributed by atoms with van der Waals surface area (Å²) in [6.45, 7) is -1.16. The molecule has 0 bridgehead atoms. The molecule has 0 spiro atoms. The third-order valence-corrected chi connectivity index (χ3v) is 7.21. The fraction of sp³-hybridized carbons (Fsp3) is 0.222. The molecule has 200 valence electrons. The molecule has 0 radical (unpaired) electrons. The van der Waals surface area contributed by atoms with Gasteiger partial charge in [0.2, 0.25) is 0 Å². The van der Waals surface area contributed by atoms with Crippen LogP contribution in [-0.4, -0.2) is 53.2 Å². The van der Waals surface area contributed by atoms with Gasteiger partial charge in [0, 0.05) is 6.42 Å². The van der Waals surface area contributed by atoms with Crippen LogP contribution in [0, 0.1) is 0 Å². The number of nitrogens with zero attached hydrogens (tertiary/aromatic N) is 3. The van der Waals surface area contributed by atoms with Crippen molar-refractivity contribution in [2.75, 3.05) is 20.8 Å². The Bertz CT molecular complexity index is 1690. The normalized spacial score (nSPS) is 14.8. The highest BCUT2D eigenvalue weighted by atomic mass is 32.1. The van der Waals surface area contributed by atoms with Crippen LogP contribution in [0.25, 0.3) is 10.8 Å². The Morgan fingerprint density at radius 1 is 1.03 bits per heavy atom. The van der Waals surface area contributed by atoms with Crippen LogP contribution in [0.1, 0.15) is 22.9 Å². The van der Waals surface area contributed by atoms with E-state index >= 15 is 0 Å². The number of carbonyl (C=O) groups excluding carboxylic acids is 2. The molecule has 1 N–H and O–H groups in total. The van der Waals surface area contributed by atoms with Crippen molar-refractivity contribution in [3.05, 3.63) is 91.1 Å². The van der Waals surface area contributed by atoms with Crippen molar-refractivity contribution in [3.63, 3.8) is 0 Å². The number of hydrogen-bond donors (Lipinski definition) is 1. The predicted octanol–water partition coefficient (Wildman–Crippen LogP) is 2.69. The second-order valence-electron chi connectivity index (χ2n) is 8.64. The summed E-state index contributed by atoms with van der Waals surface area (Å²) in [5, 5.41) is 10.5. The van der Waals surface area contributed by atoms with E-state index in [2.05, 4.69) is 10.2 Å². The highest BCUT2D eigenvalue weighted by molar-refractivity contribution is 7.12. The van der Waals surface area contributed by atoms with E-state index in [1.807, 2.05) is 23.6 Å². The van der Waals surface area contributed by atoms with Crippen molar-refractivity contribution in [1.29, 1.82) is 0 Å². The first-order chi connectivity index (χ1) is 18.9. The Hall–Kier alpha value is -4.71. The van der Waals surface area contributed by atoms with Crippen molar-refractivity contribution < 1.29 is 23.8 Å². The third-order valence-electron chi connectivity index (χ3n) is 6.29. The van der Waals surface area contributed by atoms with Crippen LogP contribution < -0.4 is 20.6 Å². The van der Waals surface area contributed by atoms with Crippen molar-refractivity contribution in [2.45, 2.75) is 19.0 Å². The maximum absolute atomic E-state index is 13.2. The van der Waals surface area contributed by atoms with Gasteiger partial charge in [-0.15, -0.1) is 11.3 Å². The number of aromatic amines is 1. The number of amides is 1. The number of esters is 1. The van der Waals surface area contributed by atoms with Crippen molar-refractivity contribution in [2.24, 2.45) is 5.10 Å². The van der Waals surface area contributed by atoms with Crippen molar-refractivity contribution >= 4 is 39.7 Å². The van der Waals surface area contributed by atoms with Gasteiger partial charge in [0.25, 0.3) is 17.0 Å². The molecule has 5 rings (SSSR count). The molecule has 3 heterocycles. The highest BCUT2D eigenvalue weighted by Gasteiger charge is 2.34. The molecule has 1 aliphatic rings. The van der Waals surface area contributed by atoms with Crippen LogP contribution >= 0.6 is 11.3 Å². The molecule has 0 saturated carbocycles. The first-order valence-corrected chi connectivity index (χ1v) is 12.8. The summed E-state index contributed by atoms with van der Waals surface area (Å²) in [6.07, 6.45) is 0.448. The number of methoxy groups -OCH3 is 2. The van der Waals surface area contributed by atoms with E-state index in [9.17, 15) is 19.2 Å². The maximum atomic E-state index is 13.2. The van der Waals surface area contributed by atoms with Crippen LogP contribution in [0.4, 0.5) is 0 Å². The summed E-state index contributed by atoms with van der Waals surface area (Å²) in [5.41, 5.74) is 0.429. The van der Waals surface area contributed by atoms with Crippen LogP contribution in [0.15, 0.2) is 74.7 Å². The molecule has 0 aliphatic carbocycles. The van der Waals surface area contributed by atoms with Crippen LogP contribution in [0.3, 0.4) is 0 Å². The quantitative estimate of drug-likeness (QED) is 0.335. The van der Waals surface area contributed by atoms with Gasteiger partial charge in [0.1, 0.15) is 6.54 Å². The number of benzene rings is 2. The van der Waals surface area contributed by atoms with Gasteiger partial charge < -0.3 is 14.2 Å². The second-order valence-corrected chi connectivity index (χ2v) is 9.58. The van der Waals surface area contributed by atoms with Crippen molar-refractivity contribution in [3.8, 4) is 11.5 Å². The molecule has 2 aromatic heterocycles. The molecule has 0 fully saturated rings. The first kappa shape index (κ1) is 25.9. The standard InChI is InChI=1S/C27H24N4O7S/c1-36-21-10-9-16(12-22(21)37-2)20-13-19(23-8-5-11-39-23)28-31(20)24(32)15-38-25(33)14-30-27(35)18-7-4-3-6-17(18)26(34)29-30/h3-12,20H,13-15H2,1-2H3,(H,29,34)/t20-/m1/s1. The Kier molecular flexibility index (Phi) is 7.28. The van der Waals surface area contributed by atoms with Gasteiger partial charge in [0.05, 0.1) is 41.6 Å². The lowest BCUT2D eigenvalue weighted by Gasteiger charge is -2.22. The minimum Gasteiger partial charge on any atom is -0.493 e. The number of rotatable bonds is 8. The third kappa shape index (κ3) is 5.18. The van der Waals surface area contributed by atoms with Crippen molar-refractivity contribution in [1.82, 2.24) is 14.8 Å². The Labute approximate surface area is 225 Å². The Morgan fingerprint density at radius 3 is 2.51 bits per heavy atom. The lowest BCUT2D eigenvalue weighted by molar-refractivity contribution is -0.153. The van der Waals surface area contributed by atoms with E-state index in [-0.39, 0.29) is 10.8 Å². The van der Waals surface area contributed by atoms with Gasteiger partial charge in [-0.05, 0) is 41.3 Å². The molecule has 0 unspecified atom stereocenters. The van der Waals surface area contributed by atoms with Gasteiger partial charge in [-0.2, -0.15) is 5.10 Å². The van der Waals surface area contributed by atoms with Gasteiger partial charge >= 0.3 is 5.97 Å².